The molecule has 1 saturated heterocycles. The van der Waals surface area contributed by atoms with Crippen molar-refractivity contribution in [3.63, 3.8) is 0 Å². The first kappa shape index (κ1) is 15.2. The Balaban J connectivity index is 1.80. The van der Waals surface area contributed by atoms with Gasteiger partial charge in [0.05, 0.1) is 6.54 Å². The van der Waals surface area contributed by atoms with Gasteiger partial charge in [0.1, 0.15) is 5.82 Å². The van der Waals surface area contributed by atoms with E-state index in [1.54, 1.807) is 0 Å². The van der Waals surface area contributed by atoms with Gasteiger partial charge >= 0.3 is 0 Å². The molecule has 114 valence electrons. The molecule has 0 unspecified atom stereocenters. The van der Waals surface area contributed by atoms with E-state index in [1.165, 1.54) is 24.3 Å². The van der Waals surface area contributed by atoms with Crippen molar-refractivity contribution in [2.24, 2.45) is 10.9 Å². The molecule has 4 N–H and O–H groups in total. The monoisotopic (exact) mass is 294 g/mol. The van der Waals surface area contributed by atoms with E-state index in [0.29, 0.717) is 12.1 Å². The van der Waals surface area contributed by atoms with E-state index in [1.807, 2.05) is 0 Å². The Morgan fingerprint density at radius 1 is 1.38 bits per heavy atom. The third-order valence-electron chi connectivity index (χ3n) is 3.54. The van der Waals surface area contributed by atoms with Gasteiger partial charge in [-0.15, -0.1) is 0 Å². The topological polar surface area (TPSA) is 91.0 Å². The Bertz CT molecular complexity index is 510. The van der Waals surface area contributed by atoms with Gasteiger partial charge in [-0.05, 0) is 37.1 Å². The van der Waals surface area contributed by atoms with Crippen LogP contribution in [-0.2, 0) is 0 Å². The van der Waals surface area contributed by atoms with Gasteiger partial charge in [-0.3, -0.25) is 9.69 Å². The number of hydrogen-bond donors (Lipinski definition) is 3. The summed E-state index contributed by atoms with van der Waals surface area (Å²) in [6.07, 6.45) is 1.59. The summed E-state index contributed by atoms with van der Waals surface area (Å²) >= 11 is 0. The fraction of sp³-hybridized carbons (Fsp3) is 0.429. The molecule has 0 saturated carbocycles. The van der Waals surface area contributed by atoms with Gasteiger partial charge < -0.3 is 16.3 Å². The molecule has 1 aliphatic heterocycles. The molecule has 1 heterocycles. The van der Waals surface area contributed by atoms with Gasteiger partial charge in [-0.2, -0.15) is 0 Å². The van der Waals surface area contributed by atoms with Crippen molar-refractivity contribution >= 4 is 11.7 Å². The van der Waals surface area contributed by atoms with Gasteiger partial charge in [0.15, 0.2) is 5.84 Å². The lowest BCUT2D eigenvalue weighted by Crippen LogP contribution is -2.46. The van der Waals surface area contributed by atoms with Gasteiger partial charge in [0.25, 0.3) is 5.91 Å². The quantitative estimate of drug-likeness (QED) is 0.331. The SMILES string of the molecule is NC(CN1CCC(NC(=O)c2ccc(F)cc2)CC1)=NO. The number of oxime groups is 1. The Morgan fingerprint density at radius 3 is 2.57 bits per heavy atom. The van der Waals surface area contributed by atoms with Gasteiger partial charge in [0.2, 0.25) is 0 Å². The van der Waals surface area contributed by atoms with E-state index < -0.39 is 0 Å². The molecule has 21 heavy (non-hydrogen) atoms. The number of nitrogens with zero attached hydrogens (tertiary/aromatic N) is 2. The van der Waals surface area contributed by atoms with Crippen molar-refractivity contribution in [2.45, 2.75) is 18.9 Å². The molecule has 0 radical (unpaired) electrons. The van der Waals surface area contributed by atoms with Crippen molar-refractivity contribution in [3.8, 4) is 0 Å². The molecular weight excluding hydrogens is 275 g/mol. The lowest BCUT2D eigenvalue weighted by Gasteiger charge is -2.31. The maximum absolute atomic E-state index is 12.8. The van der Waals surface area contributed by atoms with Crippen LogP contribution in [0.4, 0.5) is 4.39 Å². The van der Waals surface area contributed by atoms with E-state index in [0.717, 1.165) is 25.9 Å². The number of amides is 1. The zero-order valence-corrected chi connectivity index (χ0v) is 11.6. The average Bonchev–Trinajstić information content (AvgIpc) is 2.49. The summed E-state index contributed by atoms with van der Waals surface area (Å²) in [5.41, 5.74) is 5.92. The summed E-state index contributed by atoms with van der Waals surface area (Å²) < 4.78 is 12.8. The third kappa shape index (κ3) is 4.42. The van der Waals surface area contributed by atoms with Crippen molar-refractivity contribution in [3.05, 3.63) is 35.6 Å². The molecule has 6 nitrogen and oxygen atoms in total. The van der Waals surface area contributed by atoms with E-state index in [4.69, 9.17) is 10.9 Å². The van der Waals surface area contributed by atoms with Crippen LogP contribution in [0.3, 0.4) is 0 Å². The lowest BCUT2D eigenvalue weighted by atomic mass is 10.0. The van der Waals surface area contributed by atoms with Crippen LogP contribution in [0.25, 0.3) is 0 Å². The number of nitrogens with two attached hydrogens (primary N) is 1. The zero-order valence-electron chi connectivity index (χ0n) is 11.6. The molecule has 0 atom stereocenters. The van der Waals surface area contributed by atoms with Crippen LogP contribution in [0.15, 0.2) is 29.4 Å². The molecule has 1 amide bonds. The Kier molecular flexibility index (Phi) is 5.10. The zero-order chi connectivity index (χ0) is 15.2. The molecule has 0 spiro atoms. The maximum Gasteiger partial charge on any atom is 0.251 e. The average molecular weight is 294 g/mol. The van der Waals surface area contributed by atoms with Crippen molar-refractivity contribution in [1.82, 2.24) is 10.2 Å². The van der Waals surface area contributed by atoms with Crippen molar-refractivity contribution in [1.29, 1.82) is 0 Å². The fourth-order valence-corrected chi connectivity index (χ4v) is 2.37. The molecule has 0 aromatic heterocycles. The maximum atomic E-state index is 12.8. The van der Waals surface area contributed by atoms with Crippen LogP contribution in [0, 0.1) is 5.82 Å². The summed E-state index contributed by atoms with van der Waals surface area (Å²) in [5.74, 6) is -0.364. The van der Waals surface area contributed by atoms with Gasteiger partial charge in [-0.25, -0.2) is 4.39 Å². The first-order valence-corrected chi connectivity index (χ1v) is 6.83. The summed E-state index contributed by atoms with van der Waals surface area (Å²) in [4.78, 5) is 14.1. The predicted molar refractivity (Wildman–Crippen MR) is 76.7 cm³/mol. The molecule has 1 aromatic carbocycles. The van der Waals surface area contributed by atoms with Crippen LogP contribution < -0.4 is 11.1 Å². The second-order valence-electron chi connectivity index (χ2n) is 5.12. The molecule has 0 aliphatic carbocycles. The normalized spacial score (nSPS) is 17.7. The van der Waals surface area contributed by atoms with E-state index in [-0.39, 0.29) is 23.6 Å². The van der Waals surface area contributed by atoms with Crippen LogP contribution in [0.5, 0.6) is 0 Å². The summed E-state index contributed by atoms with van der Waals surface area (Å²) in [6, 6.07) is 5.57. The van der Waals surface area contributed by atoms with Crippen LogP contribution in [0.1, 0.15) is 23.2 Å². The highest BCUT2D eigenvalue weighted by Gasteiger charge is 2.21. The number of benzene rings is 1. The van der Waals surface area contributed by atoms with Gasteiger partial charge in [0, 0.05) is 24.7 Å². The predicted octanol–water partition coefficient (Wildman–Crippen LogP) is 0.766. The Hall–Kier alpha value is -2.15. The highest BCUT2D eigenvalue weighted by Crippen LogP contribution is 2.11. The Morgan fingerprint density at radius 2 is 2.00 bits per heavy atom. The number of amidine groups is 1. The van der Waals surface area contributed by atoms with Crippen molar-refractivity contribution in [2.75, 3.05) is 19.6 Å². The number of carbonyl (C=O) groups is 1. The second-order valence-corrected chi connectivity index (χ2v) is 5.12. The van der Waals surface area contributed by atoms with Crippen LogP contribution in [0.2, 0.25) is 0 Å². The second kappa shape index (κ2) is 7.03. The lowest BCUT2D eigenvalue weighted by molar-refractivity contribution is 0.0914. The number of hydrogen-bond acceptors (Lipinski definition) is 4. The van der Waals surface area contributed by atoms with E-state index in [2.05, 4.69) is 15.4 Å². The Labute approximate surface area is 122 Å². The van der Waals surface area contributed by atoms with E-state index in [9.17, 15) is 9.18 Å². The van der Waals surface area contributed by atoms with Crippen molar-refractivity contribution < 1.29 is 14.4 Å². The highest BCUT2D eigenvalue weighted by molar-refractivity contribution is 5.94. The number of likely N-dealkylation sites (tertiary alicyclic amines) is 1. The smallest absolute Gasteiger partial charge is 0.251 e. The molecule has 1 aromatic rings. The minimum Gasteiger partial charge on any atom is -0.409 e. The third-order valence-corrected chi connectivity index (χ3v) is 3.54. The minimum atomic E-state index is -0.358. The largest absolute Gasteiger partial charge is 0.409 e. The molecule has 7 heteroatoms. The standard InChI is InChI=1S/C14H19FN4O2/c15-11-3-1-10(2-4-11)14(20)17-12-5-7-19(8-6-12)9-13(16)18-21/h1-4,12,21H,5-9H2,(H2,16,18)(H,17,20). The van der Waals surface area contributed by atoms with E-state index >= 15 is 0 Å². The summed E-state index contributed by atoms with van der Waals surface area (Å²) in [5, 5.41) is 14.4. The fourth-order valence-electron chi connectivity index (χ4n) is 2.37. The van der Waals surface area contributed by atoms with Crippen LogP contribution >= 0.6 is 0 Å². The summed E-state index contributed by atoms with van der Waals surface area (Å²) in [6.45, 7) is 1.96. The first-order chi connectivity index (χ1) is 10.1. The summed E-state index contributed by atoms with van der Waals surface area (Å²) in [7, 11) is 0. The first-order valence-electron chi connectivity index (χ1n) is 6.83. The van der Waals surface area contributed by atoms with Crippen LogP contribution in [-0.4, -0.2) is 47.5 Å². The molecule has 0 bridgehead atoms. The number of rotatable bonds is 4. The number of halogens is 1. The molecular formula is C14H19FN4O2. The number of carbonyl (C=O) groups excluding carboxylic acids is 1. The molecule has 1 fully saturated rings. The number of piperidine rings is 1. The molecule has 1 aliphatic rings. The number of nitrogens with one attached hydrogen (secondary N) is 1. The highest BCUT2D eigenvalue weighted by atomic mass is 19.1. The minimum absolute atomic E-state index is 0.0890. The molecule has 2 rings (SSSR count). The van der Waals surface area contributed by atoms with Gasteiger partial charge in [-0.1, -0.05) is 5.16 Å².